The van der Waals surface area contributed by atoms with Crippen molar-refractivity contribution in [2.75, 3.05) is 20.1 Å². The summed E-state index contributed by atoms with van der Waals surface area (Å²) in [5, 5.41) is 9.16. The van der Waals surface area contributed by atoms with Crippen molar-refractivity contribution in [2.24, 2.45) is 0 Å². The van der Waals surface area contributed by atoms with Crippen LogP contribution < -0.4 is 4.74 Å². The van der Waals surface area contributed by atoms with E-state index in [9.17, 15) is 21.6 Å². The lowest BCUT2D eigenvalue weighted by molar-refractivity contribution is -0.137. The third-order valence-electron chi connectivity index (χ3n) is 4.79. The Balaban J connectivity index is 1.82. The summed E-state index contributed by atoms with van der Waals surface area (Å²) in [4.78, 5) is 5.03. The van der Waals surface area contributed by atoms with Crippen LogP contribution in [0.15, 0.2) is 47.5 Å². The van der Waals surface area contributed by atoms with Crippen molar-refractivity contribution < 1.29 is 26.3 Å². The van der Waals surface area contributed by atoms with Crippen LogP contribution in [0, 0.1) is 11.5 Å². The molecule has 3 rings (SSSR count). The number of aromatic nitrogens is 1. The summed E-state index contributed by atoms with van der Waals surface area (Å²) >= 11 is 0. The lowest BCUT2D eigenvalue weighted by Crippen LogP contribution is -2.39. The molecule has 1 fully saturated rings. The molecule has 1 aromatic heterocycles. The number of hydrogen-bond donors (Lipinski definition) is 0. The first kappa shape index (κ1) is 21.9. The average molecular weight is 440 g/mol. The van der Waals surface area contributed by atoms with Gasteiger partial charge in [0.2, 0.25) is 15.9 Å². The number of alkyl halides is 3. The summed E-state index contributed by atoms with van der Waals surface area (Å²) in [6, 6.07) is 7.44. The van der Waals surface area contributed by atoms with Crippen molar-refractivity contribution in [2.45, 2.75) is 30.0 Å². The number of ether oxygens (including phenoxy) is 1. The minimum absolute atomic E-state index is 0.0554. The molecule has 1 aliphatic rings. The molecule has 0 bridgehead atoms. The largest absolute Gasteiger partial charge is 0.438 e. The molecule has 11 heteroatoms. The SMILES string of the molecule is CN(CC1CCCN1C#N)S(=O)(=O)c1ccccc1Oc1ccc(C(F)(F)F)cn1. The lowest BCUT2D eigenvalue weighted by Gasteiger charge is -2.25. The van der Waals surface area contributed by atoms with Crippen LogP contribution >= 0.6 is 0 Å². The molecule has 0 saturated carbocycles. The second kappa shape index (κ2) is 8.49. The molecule has 1 atom stereocenters. The van der Waals surface area contributed by atoms with E-state index in [2.05, 4.69) is 11.2 Å². The quantitative estimate of drug-likeness (QED) is 0.640. The highest BCUT2D eigenvalue weighted by Crippen LogP contribution is 2.32. The van der Waals surface area contributed by atoms with Crippen molar-refractivity contribution >= 4 is 10.0 Å². The van der Waals surface area contributed by atoms with Crippen molar-refractivity contribution in [3.8, 4) is 17.8 Å². The first-order valence-corrected chi connectivity index (χ1v) is 10.5. The Bertz CT molecular complexity index is 1040. The Labute approximate surface area is 172 Å². The first-order valence-electron chi connectivity index (χ1n) is 9.06. The highest BCUT2D eigenvalue weighted by Gasteiger charge is 2.32. The lowest BCUT2D eigenvalue weighted by atomic mass is 10.2. The standard InChI is InChI=1S/C19H19F3N4O3S/c1-25(12-15-5-4-10-26(15)13-23)30(27,28)17-7-3-2-6-16(17)29-18-9-8-14(11-24-18)19(20,21)22/h2-3,6-9,11,15H,4-5,10,12H2,1H3. The van der Waals surface area contributed by atoms with Gasteiger partial charge in [0.25, 0.3) is 0 Å². The van der Waals surface area contributed by atoms with Crippen LogP contribution in [0.3, 0.4) is 0 Å². The van der Waals surface area contributed by atoms with Crippen LogP contribution in [-0.4, -0.2) is 48.8 Å². The van der Waals surface area contributed by atoms with Crippen molar-refractivity contribution in [1.82, 2.24) is 14.2 Å². The fraction of sp³-hybridized carbons (Fsp3) is 0.368. The van der Waals surface area contributed by atoms with Gasteiger partial charge in [0.05, 0.1) is 11.6 Å². The second-order valence-electron chi connectivity index (χ2n) is 6.81. The van der Waals surface area contributed by atoms with E-state index in [-0.39, 0.29) is 29.1 Å². The molecule has 1 unspecified atom stereocenters. The molecule has 1 aliphatic heterocycles. The summed E-state index contributed by atoms with van der Waals surface area (Å²) in [6.45, 7) is 0.719. The Kier molecular flexibility index (Phi) is 6.19. The van der Waals surface area contributed by atoms with Gasteiger partial charge in [0.1, 0.15) is 10.6 Å². The molecule has 30 heavy (non-hydrogen) atoms. The van der Waals surface area contributed by atoms with E-state index in [1.807, 2.05) is 0 Å². The van der Waals surface area contributed by atoms with E-state index in [1.54, 1.807) is 11.0 Å². The molecule has 160 valence electrons. The Morgan fingerprint density at radius 3 is 2.67 bits per heavy atom. The van der Waals surface area contributed by atoms with E-state index in [1.165, 1.54) is 25.2 Å². The summed E-state index contributed by atoms with van der Waals surface area (Å²) in [6.07, 6.45) is -0.326. The number of hydrogen-bond acceptors (Lipinski definition) is 6. The van der Waals surface area contributed by atoms with Gasteiger partial charge in [0, 0.05) is 32.4 Å². The number of benzene rings is 1. The molecule has 0 N–H and O–H groups in total. The van der Waals surface area contributed by atoms with Crippen LogP contribution in [0.5, 0.6) is 11.6 Å². The van der Waals surface area contributed by atoms with Gasteiger partial charge in [-0.1, -0.05) is 12.1 Å². The Hall–Kier alpha value is -2.84. The maximum atomic E-state index is 13.1. The summed E-state index contributed by atoms with van der Waals surface area (Å²) in [5.74, 6) is -0.222. The minimum atomic E-state index is -4.53. The van der Waals surface area contributed by atoms with Gasteiger partial charge < -0.3 is 9.64 Å². The van der Waals surface area contributed by atoms with E-state index in [4.69, 9.17) is 10.00 Å². The summed E-state index contributed by atoms with van der Waals surface area (Å²) in [5.41, 5.74) is -0.936. The zero-order valence-electron chi connectivity index (χ0n) is 16.0. The topological polar surface area (TPSA) is 86.5 Å². The van der Waals surface area contributed by atoms with Crippen LogP contribution in [-0.2, 0) is 16.2 Å². The second-order valence-corrected chi connectivity index (χ2v) is 8.82. The average Bonchev–Trinajstić information content (AvgIpc) is 3.15. The molecular weight excluding hydrogens is 421 g/mol. The number of likely N-dealkylation sites (N-methyl/N-ethyl adjacent to an activating group) is 1. The smallest absolute Gasteiger partial charge is 0.417 e. The van der Waals surface area contributed by atoms with Crippen LogP contribution in [0.4, 0.5) is 13.2 Å². The molecule has 1 saturated heterocycles. The number of para-hydroxylation sites is 1. The fourth-order valence-electron chi connectivity index (χ4n) is 3.19. The van der Waals surface area contributed by atoms with E-state index in [0.717, 1.165) is 22.9 Å². The van der Waals surface area contributed by atoms with Crippen molar-refractivity contribution in [3.05, 3.63) is 48.2 Å². The molecule has 0 aliphatic carbocycles. The number of rotatable bonds is 6. The number of likely N-dealkylation sites (tertiary alicyclic amines) is 1. The molecule has 7 nitrogen and oxygen atoms in total. The van der Waals surface area contributed by atoms with Gasteiger partial charge >= 0.3 is 6.18 Å². The number of nitrogens with zero attached hydrogens (tertiary/aromatic N) is 4. The molecule has 0 radical (unpaired) electrons. The molecule has 1 aromatic carbocycles. The van der Waals surface area contributed by atoms with Crippen molar-refractivity contribution in [3.63, 3.8) is 0 Å². The van der Waals surface area contributed by atoms with Gasteiger partial charge in [-0.3, -0.25) is 0 Å². The highest BCUT2D eigenvalue weighted by atomic mass is 32.2. The zero-order chi connectivity index (χ0) is 21.9. The van der Waals surface area contributed by atoms with Crippen LogP contribution in [0.1, 0.15) is 18.4 Å². The Morgan fingerprint density at radius 2 is 2.03 bits per heavy atom. The maximum absolute atomic E-state index is 13.1. The van der Waals surface area contributed by atoms with Gasteiger partial charge in [-0.2, -0.15) is 22.7 Å². The van der Waals surface area contributed by atoms with Crippen molar-refractivity contribution in [1.29, 1.82) is 5.26 Å². The number of nitriles is 1. The maximum Gasteiger partial charge on any atom is 0.417 e. The summed E-state index contributed by atoms with van der Waals surface area (Å²) < 4.78 is 70.9. The van der Waals surface area contributed by atoms with Crippen LogP contribution in [0.2, 0.25) is 0 Å². The number of halogens is 3. The molecule has 2 heterocycles. The first-order chi connectivity index (χ1) is 14.1. The van der Waals surface area contributed by atoms with Gasteiger partial charge in [-0.25, -0.2) is 13.4 Å². The zero-order valence-corrected chi connectivity index (χ0v) is 16.8. The monoisotopic (exact) mass is 440 g/mol. The normalized spacial score (nSPS) is 17.2. The molecule has 2 aromatic rings. The van der Waals surface area contributed by atoms with Crippen LogP contribution in [0.25, 0.3) is 0 Å². The fourth-order valence-corrected chi connectivity index (χ4v) is 4.51. The number of sulfonamides is 1. The Morgan fingerprint density at radius 1 is 1.30 bits per heavy atom. The van der Waals surface area contributed by atoms with Gasteiger partial charge in [0.15, 0.2) is 6.19 Å². The predicted molar refractivity (Wildman–Crippen MR) is 101 cm³/mol. The third kappa shape index (κ3) is 4.66. The van der Waals surface area contributed by atoms with Gasteiger partial charge in [-0.05, 0) is 31.0 Å². The highest BCUT2D eigenvalue weighted by molar-refractivity contribution is 7.89. The van der Waals surface area contributed by atoms with E-state index >= 15 is 0 Å². The molecule has 0 amide bonds. The predicted octanol–water partition coefficient (Wildman–Crippen LogP) is 3.46. The number of pyridine rings is 1. The van der Waals surface area contributed by atoms with Gasteiger partial charge in [-0.15, -0.1) is 0 Å². The summed E-state index contributed by atoms with van der Waals surface area (Å²) in [7, 11) is -2.56. The van der Waals surface area contributed by atoms with E-state index < -0.39 is 21.8 Å². The molecular formula is C19H19F3N4O3S. The van der Waals surface area contributed by atoms with E-state index in [0.29, 0.717) is 19.2 Å². The molecule has 0 spiro atoms. The third-order valence-corrected chi connectivity index (χ3v) is 6.65. The minimum Gasteiger partial charge on any atom is -0.438 e.